The van der Waals surface area contributed by atoms with E-state index in [1.807, 2.05) is 9.80 Å². The molecule has 2 saturated carbocycles. The summed E-state index contributed by atoms with van der Waals surface area (Å²) in [5.74, 6) is 1.32. The molecule has 32 heavy (non-hydrogen) atoms. The molecule has 2 atom stereocenters. The Kier molecular flexibility index (Phi) is 5.99. The van der Waals surface area contributed by atoms with Gasteiger partial charge in [0.05, 0.1) is 5.41 Å². The van der Waals surface area contributed by atoms with E-state index in [0.717, 1.165) is 32.2 Å². The van der Waals surface area contributed by atoms with E-state index >= 15 is 0 Å². The maximum absolute atomic E-state index is 13.5. The summed E-state index contributed by atoms with van der Waals surface area (Å²) in [5.41, 5.74) is -0.531. The number of nitrogens with zero attached hydrogens (tertiary/aromatic N) is 4. The van der Waals surface area contributed by atoms with Gasteiger partial charge in [-0.3, -0.25) is 4.79 Å². The van der Waals surface area contributed by atoms with Gasteiger partial charge in [-0.05, 0) is 44.4 Å². The number of carbonyl (C=O) groups is 2. The highest BCUT2D eigenvalue weighted by Crippen LogP contribution is 2.44. The van der Waals surface area contributed by atoms with Crippen molar-refractivity contribution in [3.63, 3.8) is 0 Å². The largest absolute Gasteiger partial charge is 0.408 e. The lowest BCUT2D eigenvalue weighted by Gasteiger charge is -2.33. The zero-order valence-electron chi connectivity index (χ0n) is 19.1. The van der Waals surface area contributed by atoms with Crippen LogP contribution >= 0.6 is 0 Å². The smallest absolute Gasteiger partial charge is 0.318 e. The maximum Gasteiger partial charge on any atom is 0.318 e. The zero-order valence-corrected chi connectivity index (χ0v) is 19.1. The Morgan fingerprint density at radius 2 is 1.91 bits per heavy atom. The number of hydrogen-bond donors (Lipinski definition) is 2. The molecule has 3 amide bonds. The van der Waals surface area contributed by atoms with Crippen LogP contribution in [-0.4, -0.2) is 65.8 Å². The third-order valence-electron chi connectivity index (χ3n) is 7.89. The second-order valence-corrected chi connectivity index (χ2v) is 10.3. The van der Waals surface area contributed by atoms with E-state index in [9.17, 15) is 9.59 Å². The fourth-order valence-electron chi connectivity index (χ4n) is 5.80. The van der Waals surface area contributed by atoms with Crippen LogP contribution in [0.15, 0.2) is 4.42 Å². The number of rotatable bonds is 5. The first-order valence-electron chi connectivity index (χ1n) is 12.4. The van der Waals surface area contributed by atoms with Crippen molar-refractivity contribution in [1.82, 2.24) is 25.7 Å². The molecule has 2 N–H and O–H groups in total. The van der Waals surface area contributed by atoms with Crippen molar-refractivity contribution in [2.45, 2.75) is 70.8 Å². The third kappa shape index (κ3) is 4.43. The fourth-order valence-corrected chi connectivity index (χ4v) is 5.80. The van der Waals surface area contributed by atoms with Gasteiger partial charge in [0.25, 0.3) is 0 Å². The van der Waals surface area contributed by atoms with Crippen molar-refractivity contribution in [3.05, 3.63) is 5.89 Å². The Balaban J connectivity index is 1.32. The molecule has 5 rings (SSSR count). The highest BCUT2D eigenvalue weighted by molar-refractivity contribution is 5.85. The number of carbonyl (C=O) groups excluding carboxylic acids is 2. The normalized spacial score (nSPS) is 28.8. The van der Waals surface area contributed by atoms with Gasteiger partial charge >= 0.3 is 12.0 Å². The van der Waals surface area contributed by atoms with E-state index in [1.165, 1.54) is 32.1 Å². The van der Waals surface area contributed by atoms with Crippen LogP contribution in [0.1, 0.15) is 63.7 Å². The standard InChI is InChI=1S/C23H36N6O3/c1-16-26-27-22(32-16)29-14-18-13-28(21(31)25-19-6-3-2-4-7-19)11-5-10-23(18,15-29)20(30)24-12-17-8-9-17/h17-19H,2-15H2,1H3,(H,24,30)(H,25,31)/t18-,23-/m0/s1. The molecule has 0 radical (unpaired) electrons. The molecule has 1 aromatic rings. The molecular weight excluding hydrogens is 408 g/mol. The minimum Gasteiger partial charge on any atom is -0.408 e. The van der Waals surface area contributed by atoms with Gasteiger partial charge in [-0.2, -0.15) is 0 Å². The van der Waals surface area contributed by atoms with Gasteiger partial charge in [0.2, 0.25) is 11.8 Å². The third-order valence-corrected chi connectivity index (χ3v) is 7.89. The molecule has 2 aliphatic heterocycles. The van der Waals surface area contributed by atoms with Crippen molar-refractivity contribution in [1.29, 1.82) is 0 Å². The van der Waals surface area contributed by atoms with Crippen LogP contribution in [0, 0.1) is 24.2 Å². The van der Waals surface area contributed by atoms with E-state index < -0.39 is 5.41 Å². The van der Waals surface area contributed by atoms with Crippen LogP contribution in [0.4, 0.5) is 10.8 Å². The van der Waals surface area contributed by atoms with Gasteiger partial charge in [-0.25, -0.2) is 4.79 Å². The van der Waals surface area contributed by atoms with Crippen molar-refractivity contribution < 1.29 is 14.0 Å². The Labute approximate surface area is 189 Å². The van der Waals surface area contributed by atoms with Gasteiger partial charge in [-0.1, -0.05) is 24.4 Å². The summed E-state index contributed by atoms with van der Waals surface area (Å²) < 4.78 is 5.69. The molecule has 0 spiro atoms. The minimum atomic E-state index is -0.531. The molecule has 2 saturated heterocycles. The first kappa shape index (κ1) is 21.5. The average Bonchev–Trinajstić information content (AvgIpc) is 3.46. The van der Waals surface area contributed by atoms with Gasteiger partial charge in [0.15, 0.2) is 0 Å². The van der Waals surface area contributed by atoms with Crippen LogP contribution in [0.2, 0.25) is 0 Å². The maximum atomic E-state index is 13.5. The molecule has 4 aliphatic rings. The van der Waals surface area contributed by atoms with Crippen molar-refractivity contribution >= 4 is 18.0 Å². The summed E-state index contributed by atoms with van der Waals surface area (Å²) in [6.07, 6.45) is 9.79. The van der Waals surface area contributed by atoms with E-state index in [4.69, 9.17) is 4.42 Å². The minimum absolute atomic E-state index is 0.0261. The van der Waals surface area contributed by atoms with Crippen LogP contribution < -0.4 is 15.5 Å². The number of urea groups is 1. The van der Waals surface area contributed by atoms with E-state index in [0.29, 0.717) is 44.0 Å². The molecule has 9 heteroatoms. The molecule has 3 heterocycles. The van der Waals surface area contributed by atoms with E-state index in [2.05, 4.69) is 20.8 Å². The van der Waals surface area contributed by atoms with Gasteiger partial charge in [0.1, 0.15) is 0 Å². The first-order valence-corrected chi connectivity index (χ1v) is 12.4. The molecule has 9 nitrogen and oxygen atoms in total. The SMILES string of the molecule is Cc1nnc(N2C[C@@H]3CN(C(=O)NC4CCCCC4)CCC[C@]3(C(=O)NCC3CC3)C2)o1. The highest BCUT2D eigenvalue weighted by Gasteiger charge is 2.54. The van der Waals surface area contributed by atoms with Gasteiger partial charge < -0.3 is 24.9 Å². The summed E-state index contributed by atoms with van der Waals surface area (Å²) >= 11 is 0. The summed E-state index contributed by atoms with van der Waals surface area (Å²) in [6, 6.07) is 0.786. The summed E-state index contributed by atoms with van der Waals surface area (Å²) in [6.45, 7) is 5.03. The molecule has 0 bridgehead atoms. The molecule has 176 valence electrons. The number of nitrogens with one attached hydrogen (secondary N) is 2. The molecular formula is C23H36N6O3. The van der Waals surface area contributed by atoms with Crippen LogP contribution in [0.25, 0.3) is 0 Å². The predicted octanol–water partition coefficient (Wildman–Crippen LogP) is 2.46. The number of aryl methyl sites for hydroxylation is 1. The summed E-state index contributed by atoms with van der Waals surface area (Å²) in [7, 11) is 0. The second-order valence-electron chi connectivity index (χ2n) is 10.3. The number of anilines is 1. The van der Waals surface area contributed by atoms with Crippen LogP contribution in [-0.2, 0) is 4.79 Å². The molecule has 1 aromatic heterocycles. The first-order chi connectivity index (χ1) is 15.5. The van der Waals surface area contributed by atoms with Crippen molar-refractivity contribution in [2.24, 2.45) is 17.3 Å². The zero-order chi connectivity index (χ0) is 22.1. The van der Waals surface area contributed by atoms with Crippen molar-refractivity contribution in [2.75, 3.05) is 37.6 Å². The number of hydrogen-bond acceptors (Lipinski definition) is 6. The monoisotopic (exact) mass is 444 g/mol. The lowest BCUT2D eigenvalue weighted by atomic mass is 9.74. The molecule has 0 unspecified atom stereocenters. The van der Waals surface area contributed by atoms with Crippen LogP contribution in [0.3, 0.4) is 0 Å². The average molecular weight is 445 g/mol. The number of fused-ring (bicyclic) bond motifs is 1. The Bertz CT molecular complexity index is 833. The van der Waals surface area contributed by atoms with E-state index in [1.54, 1.807) is 6.92 Å². The van der Waals surface area contributed by atoms with Gasteiger partial charge in [-0.15, -0.1) is 5.10 Å². The molecule has 4 fully saturated rings. The fraction of sp³-hybridized carbons (Fsp3) is 0.826. The van der Waals surface area contributed by atoms with Gasteiger partial charge in [0, 0.05) is 51.6 Å². The Morgan fingerprint density at radius 1 is 1.09 bits per heavy atom. The number of aromatic nitrogens is 2. The topological polar surface area (TPSA) is 104 Å². The lowest BCUT2D eigenvalue weighted by Crippen LogP contribution is -2.50. The molecule has 0 aromatic carbocycles. The van der Waals surface area contributed by atoms with E-state index in [-0.39, 0.29) is 23.9 Å². The molecule has 2 aliphatic carbocycles. The van der Waals surface area contributed by atoms with Crippen molar-refractivity contribution in [3.8, 4) is 0 Å². The number of likely N-dealkylation sites (tertiary alicyclic amines) is 1. The summed E-state index contributed by atoms with van der Waals surface area (Å²) in [4.78, 5) is 30.6. The van der Waals surface area contributed by atoms with Crippen LogP contribution in [0.5, 0.6) is 0 Å². The quantitative estimate of drug-likeness (QED) is 0.723. The highest BCUT2D eigenvalue weighted by atomic mass is 16.4. The Morgan fingerprint density at radius 3 is 2.62 bits per heavy atom. The summed E-state index contributed by atoms with van der Waals surface area (Å²) in [5, 5.41) is 14.7. The lowest BCUT2D eigenvalue weighted by molar-refractivity contribution is -0.132. The Hall–Kier alpha value is -2.32. The predicted molar refractivity (Wildman–Crippen MR) is 119 cm³/mol. The number of amides is 3. The second kappa shape index (κ2) is 8.90.